The van der Waals surface area contributed by atoms with E-state index in [0.717, 1.165) is 12.0 Å². The Balaban J connectivity index is 2.57. The lowest BCUT2D eigenvalue weighted by molar-refractivity contribution is -0.148. The number of aliphatic hydroxyl groups excluding tert-OH is 1. The highest BCUT2D eigenvalue weighted by atomic mass is 16.6. The third-order valence-corrected chi connectivity index (χ3v) is 6.49. The number of carbonyl (C=O) groups is 3. The van der Waals surface area contributed by atoms with E-state index >= 15 is 0 Å². The molecular formula is C30H43N3O6. The van der Waals surface area contributed by atoms with Crippen molar-refractivity contribution in [2.75, 3.05) is 19.0 Å². The van der Waals surface area contributed by atoms with Gasteiger partial charge >= 0.3 is 6.09 Å². The Kier molecular flexibility index (Phi) is 10.9. The summed E-state index contributed by atoms with van der Waals surface area (Å²) in [7, 11) is 1.56. The Hall–Kier alpha value is -3.59. The van der Waals surface area contributed by atoms with Crippen LogP contribution in [0.2, 0.25) is 0 Å². The van der Waals surface area contributed by atoms with E-state index in [4.69, 9.17) is 9.47 Å². The summed E-state index contributed by atoms with van der Waals surface area (Å²) in [6, 6.07) is 12.0. The molecule has 3 N–H and O–H groups in total. The van der Waals surface area contributed by atoms with Crippen molar-refractivity contribution in [2.24, 2.45) is 0 Å². The molecule has 2 unspecified atom stereocenters. The van der Waals surface area contributed by atoms with Crippen LogP contribution in [0, 0.1) is 0 Å². The number of amides is 3. The average molecular weight is 542 g/mol. The molecule has 0 fully saturated rings. The molecule has 9 heteroatoms. The van der Waals surface area contributed by atoms with Crippen molar-refractivity contribution in [1.29, 1.82) is 0 Å². The number of anilines is 1. The second-order valence-corrected chi connectivity index (χ2v) is 11.0. The number of nitrogens with zero attached hydrogens (tertiary/aromatic N) is 1. The molecule has 0 aromatic heterocycles. The SMILES string of the molecule is CCc1ccc(C(C(=O)Nc2ccc(OC)cc2)N(C(=O)C(CO)NC(=O)OC(C)(C)C)C(C)(C)CC)cc1. The van der Waals surface area contributed by atoms with Gasteiger partial charge in [0.25, 0.3) is 5.91 Å². The van der Waals surface area contributed by atoms with E-state index in [1.54, 1.807) is 52.1 Å². The number of benzene rings is 2. The summed E-state index contributed by atoms with van der Waals surface area (Å²) in [5, 5.41) is 15.5. The molecule has 0 bridgehead atoms. The van der Waals surface area contributed by atoms with Crippen LogP contribution in [0.5, 0.6) is 5.75 Å². The molecule has 2 rings (SSSR count). The molecule has 0 aliphatic carbocycles. The van der Waals surface area contributed by atoms with Gasteiger partial charge in [0.15, 0.2) is 0 Å². The number of carbonyl (C=O) groups excluding carboxylic acids is 3. The number of nitrogens with one attached hydrogen (secondary N) is 2. The fourth-order valence-electron chi connectivity index (χ4n) is 3.99. The number of aryl methyl sites for hydroxylation is 1. The fraction of sp³-hybridized carbons (Fsp3) is 0.500. The van der Waals surface area contributed by atoms with Crippen molar-refractivity contribution in [3.63, 3.8) is 0 Å². The van der Waals surface area contributed by atoms with Gasteiger partial charge < -0.3 is 30.1 Å². The van der Waals surface area contributed by atoms with Gasteiger partial charge in [-0.25, -0.2) is 4.79 Å². The standard InChI is InChI=1S/C30H43N3O6/c1-9-20-11-13-21(14-12-20)25(26(35)31-22-15-17-23(38-8)18-16-22)33(30(6,7)10-2)27(36)24(19-34)32-28(37)39-29(3,4)5/h11-18,24-25,34H,9-10,19H2,1-8H3,(H,31,35)(H,32,37). The van der Waals surface area contributed by atoms with Crippen molar-refractivity contribution >= 4 is 23.6 Å². The highest BCUT2D eigenvalue weighted by Crippen LogP contribution is 2.33. The van der Waals surface area contributed by atoms with Crippen LogP contribution in [0.3, 0.4) is 0 Å². The minimum Gasteiger partial charge on any atom is -0.497 e. The maximum absolute atomic E-state index is 14.1. The number of aliphatic hydroxyl groups is 1. The van der Waals surface area contributed by atoms with E-state index in [2.05, 4.69) is 10.6 Å². The van der Waals surface area contributed by atoms with E-state index in [1.165, 1.54) is 4.90 Å². The topological polar surface area (TPSA) is 117 Å². The van der Waals surface area contributed by atoms with Crippen molar-refractivity contribution in [2.45, 2.75) is 84.5 Å². The smallest absolute Gasteiger partial charge is 0.408 e. The predicted molar refractivity (Wildman–Crippen MR) is 152 cm³/mol. The first-order valence-corrected chi connectivity index (χ1v) is 13.2. The van der Waals surface area contributed by atoms with Crippen LogP contribution in [-0.4, -0.2) is 58.8 Å². The van der Waals surface area contributed by atoms with Crippen LogP contribution < -0.4 is 15.4 Å². The molecule has 0 radical (unpaired) electrons. The summed E-state index contributed by atoms with van der Waals surface area (Å²) in [5.41, 5.74) is 0.591. The van der Waals surface area contributed by atoms with Gasteiger partial charge in [0.2, 0.25) is 5.91 Å². The van der Waals surface area contributed by atoms with Gasteiger partial charge in [-0.3, -0.25) is 9.59 Å². The van der Waals surface area contributed by atoms with Crippen LogP contribution in [-0.2, 0) is 20.7 Å². The third-order valence-electron chi connectivity index (χ3n) is 6.49. The molecule has 0 heterocycles. The highest BCUT2D eigenvalue weighted by molar-refractivity contribution is 5.99. The first kappa shape index (κ1) is 31.6. The molecule has 0 spiro atoms. The van der Waals surface area contributed by atoms with Crippen molar-refractivity contribution in [3.8, 4) is 5.75 Å². The Labute approximate surface area is 231 Å². The third kappa shape index (κ3) is 8.71. The number of alkyl carbamates (subject to hydrolysis) is 1. The fourth-order valence-corrected chi connectivity index (χ4v) is 3.99. The van der Waals surface area contributed by atoms with Crippen LogP contribution >= 0.6 is 0 Å². The Morgan fingerprint density at radius 2 is 1.54 bits per heavy atom. The molecule has 2 aromatic rings. The summed E-state index contributed by atoms with van der Waals surface area (Å²) < 4.78 is 10.5. The molecule has 0 saturated carbocycles. The first-order chi connectivity index (χ1) is 18.3. The number of rotatable bonds is 11. The van der Waals surface area contributed by atoms with Gasteiger partial charge in [-0.1, -0.05) is 38.1 Å². The number of ether oxygens (including phenoxy) is 2. The molecule has 2 atom stereocenters. The van der Waals surface area contributed by atoms with Gasteiger partial charge in [0.1, 0.15) is 23.4 Å². The molecular weight excluding hydrogens is 498 g/mol. The van der Waals surface area contributed by atoms with Gasteiger partial charge in [0.05, 0.1) is 13.7 Å². The van der Waals surface area contributed by atoms with E-state index in [-0.39, 0.29) is 0 Å². The van der Waals surface area contributed by atoms with Gasteiger partial charge in [-0.05, 0) is 82.9 Å². The Morgan fingerprint density at radius 3 is 2.00 bits per heavy atom. The molecule has 39 heavy (non-hydrogen) atoms. The van der Waals surface area contributed by atoms with E-state index < -0.39 is 47.7 Å². The zero-order valence-corrected chi connectivity index (χ0v) is 24.3. The van der Waals surface area contributed by atoms with Gasteiger partial charge in [0, 0.05) is 11.2 Å². The Bertz CT molecular complexity index is 1110. The van der Waals surface area contributed by atoms with E-state index in [9.17, 15) is 19.5 Å². The molecule has 0 aliphatic rings. The lowest BCUT2D eigenvalue weighted by atomic mass is 9.91. The molecule has 9 nitrogen and oxygen atoms in total. The lowest BCUT2D eigenvalue weighted by Gasteiger charge is -2.44. The molecule has 0 aliphatic heterocycles. The maximum Gasteiger partial charge on any atom is 0.408 e. The van der Waals surface area contributed by atoms with Crippen LogP contribution in [0.15, 0.2) is 48.5 Å². The second kappa shape index (κ2) is 13.5. The lowest BCUT2D eigenvalue weighted by Crippen LogP contribution is -2.59. The normalized spacial score (nSPS) is 13.2. The zero-order valence-electron chi connectivity index (χ0n) is 24.3. The summed E-state index contributed by atoms with van der Waals surface area (Å²) in [6.45, 7) is 12.1. The number of hydrogen-bond donors (Lipinski definition) is 3. The minimum atomic E-state index is -1.32. The van der Waals surface area contributed by atoms with Crippen molar-refractivity contribution < 1.29 is 29.0 Å². The van der Waals surface area contributed by atoms with E-state index in [0.29, 0.717) is 23.4 Å². The van der Waals surface area contributed by atoms with E-state index in [1.807, 2.05) is 52.0 Å². The monoisotopic (exact) mass is 541 g/mol. The minimum absolute atomic E-state index is 0.437. The zero-order chi connectivity index (χ0) is 29.4. The van der Waals surface area contributed by atoms with Crippen molar-refractivity contribution in [1.82, 2.24) is 10.2 Å². The van der Waals surface area contributed by atoms with Gasteiger partial charge in [-0.15, -0.1) is 0 Å². The summed E-state index contributed by atoms with van der Waals surface area (Å²) in [5.74, 6) is -0.402. The second-order valence-electron chi connectivity index (χ2n) is 11.0. The average Bonchev–Trinajstić information content (AvgIpc) is 2.89. The summed E-state index contributed by atoms with van der Waals surface area (Å²) in [4.78, 5) is 42.0. The molecule has 0 saturated heterocycles. The number of methoxy groups -OCH3 is 1. The van der Waals surface area contributed by atoms with Crippen LogP contribution in [0.25, 0.3) is 0 Å². The quantitative estimate of drug-likeness (QED) is 0.375. The molecule has 3 amide bonds. The molecule has 214 valence electrons. The van der Waals surface area contributed by atoms with Crippen LogP contribution in [0.4, 0.5) is 10.5 Å². The predicted octanol–water partition coefficient (Wildman–Crippen LogP) is 4.84. The Morgan fingerprint density at radius 1 is 0.949 bits per heavy atom. The first-order valence-electron chi connectivity index (χ1n) is 13.2. The van der Waals surface area contributed by atoms with Crippen molar-refractivity contribution in [3.05, 3.63) is 59.7 Å². The van der Waals surface area contributed by atoms with Crippen LogP contribution in [0.1, 0.15) is 72.1 Å². The number of hydrogen-bond acceptors (Lipinski definition) is 6. The van der Waals surface area contributed by atoms with Gasteiger partial charge in [-0.2, -0.15) is 0 Å². The highest BCUT2D eigenvalue weighted by Gasteiger charge is 2.43. The largest absolute Gasteiger partial charge is 0.497 e. The molecule has 2 aromatic carbocycles. The maximum atomic E-state index is 14.1. The summed E-state index contributed by atoms with van der Waals surface area (Å²) in [6.07, 6.45) is 0.483. The summed E-state index contributed by atoms with van der Waals surface area (Å²) >= 11 is 0.